The van der Waals surface area contributed by atoms with Crippen LogP contribution in [0.3, 0.4) is 0 Å². The Labute approximate surface area is 102 Å². The van der Waals surface area contributed by atoms with E-state index in [1.54, 1.807) is 0 Å². The van der Waals surface area contributed by atoms with Gasteiger partial charge in [0.2, 0.25) is 0 Å². The second kappa shape index (κ2) is 4.43. The molecule has 2 atom stereocenters. The summed E-state index contributed by atoms with van der Waals surface area (Å²) in [6, 6.07) is 5.53. The summed E-state index contributed by atoms with van der Waals surface area (Å²) < 4.78 is 34.7. The van der Waals surface area contributed by atoms with Gasteiger partial charge in [-0.2, -0.15) is 0 Å². The van der Waals surface area contributed by atoms with Gasteiger partial charge < -0.3 is 5.11 Å². The molecule has 0 aliphatic heterocycles. The van der Waals surface area contributed by atoms with E-state index >= 15 is 0 Å². The van der Waals surface area contributed by atoms with Gasteiger partial charge in [0, 0.05) is 11.8 Å². The fourth-order valence-corrected chi connectivity index (χ4v) is 1.96. The molecule has 0 fully saturated rings. The molecule has 0 saturated carbocycles. The number of rotatable bonds is 3. The summed E-state index contributed by atoms with van der Waals surface area (Å²) in [5.74, 6) is -0.635. The molecular weight excluding hydrogens is 299 g/mol. The van der Waals surface area contributed by atoms with Gasteiger partial charge in [0.1, 0.15) is 11.9 Å². The van der Waals surface area contributed by atoms with Crippen molar-refractivity contribution in [3.8, 4) is 0 Å². The van der Waals surface area contributed by atoms with Crippen molar-refractivity contribution >= 4 is 25.8 Å². The third-order valence-corrected chi connectivity index (χ3v) is 6.28. The zero-order valence-electron chi connectivity index (χ0n) is 8.81. The molecule has 1 N–H and O–H groups in total. The summed E-state index contributed by atoms with van der Waals surface area (Å²) in [5, 5.41) is 9.90. The van der Waals surface area contributed by atoms with Crippen molar-refractivity contribution in [1.82, 2.24) is 0 Å². The summed E-state index contributed by atoms with van der Waals surface area (Å²) in [5.41, 5.74) is -0.0488. The van der Waals surface area contributed by atoms with Crippen molar-refractivity contribution in [2.24, 2.45) is 0 Å². The van der Waals surface area contributed by atoms with Gasteiger partial charge in [-0.1, -0.05) is 34.1 Å². The molecule has 0 spiro atoms. The number of aliphatic hydroxyl groups excluding tert-OH is 1. The highest BCUT2D eigenvalue weighted by Crippen LogP contribution is 2.38. The first-order chi connectivity index (χ1) is 7.18. The molecule has 6 heteroatoms. The summed E-state index contributed by atoms with van der Waals surface area (Å²) in [6.07, 6.45) is -0.491. The third kappa shape index (κ3) is 2.44. The lowest BCUT2D eigenvalue weighted by Gasteiger charge is -2.27. The number of hydrogen-bond acceptors (Lipinski definition) is 3. The van der Waals surface area contributed by atoms with Crippen LogP contribution in [0.25, 0.3) is 0 Å². The lowest BCUT2D eigenvalue weighted by atomic mass is 10.1. The highest BCUT2D eigenvalue weighted by atomic mass is 79.9. The van der Waals surface area contributed by atoms with E-state index in [0.29, 0.717) is 0 Å². The monoisotopic (exact) mass is 310 g/mol. The highest BCUT2D eigenvalue weighted by Gasteiger charge is 2.42. The van der Waals surface area contributed by atoms with E-state index in [4.69, 9.17) is 0 Å². The van der Waals surface area contributed by atoms with Crippen molar-refractivity contribution in [2.75, 3.05) is 6.26 Å². The quantitative estimate of drug-likeness (QED) is 0.869. The fourth-order valence-electron chi connectivity index (χ4n) is 1.18. The largest absolute Gasteiger partial charge is 0.386 e. The Kier molecular flexibility index (Phi) is 3.76. The average Bonchev–Trinajstić information content (AvgIpc) is 2.15. The first-order valence-corrected chi connectivity index (χ1v) is 7.17. The van der Waals surface area contributed by atoms with E-state index in [1.165, 1.54) is 31.2 Å². The molecule has 1 aromatic rings. The van der Waals surface area contributed by atoms with Gasteiger partial charge in [-0.3, -0.25) is 0 Å². The van der Waals surface area contributed by atoms with Crippen LogP contribution in [0.2, 0.25) is 0 Å². The Hall–Kier alpha value is -0.460. The highest BCUT2D eigenvalue weighted by molar-refractivity contribution is 9.11. The first-order valence-electron chi connectivity index (χ1n) is 4.49. The molecule has 0 unspecified atom stereocenters. The van der Waals surface area contributed by atoms with Crippen molar-refractivity contribution < 1.29 is 17.9 Å². The Morgan fingerprint density at radius 1 is 1.44 bits per heavy atom. The van der Waals surface area contributed by atoms with Gasteiger partial charge in [0.25, 0.3) is 0 Å². The van der Waals surface area contributed by atoms with Gasteiger partial charge in [0.05, 0.1) is 0 Å². The van der Waals surface area contributed by atoms with Gasteiger partial charge in [-0.25, -0.2) is 12.8 Å². The number of sulfone groups is 1. The predicted molar refractivity (Wildman–Crippen MR) is 63.5 cm³/mol. The molecule has 1 aromatic carbocycles. The standard InChI is InChI=1S/C10H12BrFO3S/c1-10(11,16(2,14)15)9(13)7-5-3-4-6-8(7)12/h3-6,9,13H,1-2H3/t9-,10+/m1/s1. The average molecular weight is 311 g/mol. The van der Waals surface area contributed by atoms with Gasteiger partial charge in [0.15, 0.2) is 13.5 Å². The van der Waals surface area contributed by atoms with Crippen LogP contribution in [-0.4, -0.2) is 23.4 Å². The Morgan fingerprint density at radius 2 is 1.94 bits per heavy atom. The maximum Gasteiger partial charge on any atom is 0.165 e. The van der Waals surface area contributed by atoms with E-state index < -0.39 is 25.4 Å². The van der Waals surface area contributed by atoms with Crippen LogP contribution in [-0.2, 0) is 9.84 Å². The number of benzene rings is 1. The molecule has 3 nitrogen and oxygen atoms in total. The van der Waals surface area contributed by atoms with E-state index in [9.17, 15) is 17.9 Å². The number of halogens is 2. The Balaban J connectivity index is 3.23. The first kappa shape index (κ1) is 13.6. The van der Waals surface area contributed by atoms with E-state index in [1.807, 2.05) is 0 Å². The smallest absolute Gasteiger partial charge is 0.165 e. The molecule has 0 aliphatic carbocycles. The molecule has 90 valence electrons. The van der Waals surface area contributed by atoms with Crippen LogP contribution in [0.5, 0.6) is 0 Å². The van der Waals surface area contributed by atoms with Crippen molar-refractivity contribution in [3.63, 3.8) is 0 Å². The summed E-state index contributed by atoms with van der Waals surface area (Å²) in [6.45, 7) is 1.29. The minimum atomic E-state index is -3.57. The molecule has 0 radical (unpaired) electrons. The van der Waals surface area contributed by atoms with Crippen molar-refractivity contribution in [2.45, 2.75) is 16.7 Å². The summed E-state index contributed by atoms with van der Waals surface area (Å²) in [4.78, 5) is 0. The minimum absolute atomic E-state index is 0.0488. The summed E-state index contributed by atoms with van der Waals surface area (Å²) >= 11 is 2.93. The number of alkyl halides is 1. The van der Waals surface area contributed by atoms with Crippen molar-refractivity contribution in [1.29, 1.82) is 0 Å². The van der Waals surface area contributed by atoms with Crippen LogP contribution in [0.1, 0.15) is 18.6 Å². The van der Waals surface area contributed by atoms with Gasteiger partial charge in [-0.15, -0.1) is 0 Å². The molecule has 1 rings (SSSR count). The van der Waals surface area contributed by atoms with Crippen LogP contribution < -0.4 is 0 Å². The van der Waals surface area contributed by atoms with E-state index in [-0.39, 0.29) is 5.56 Å². The van der Waals surface area contributed by atoms with Crippen molar-refractivity contribution in [3.05, 3.63) is 35.6 Å². The molecular formula is C10H12BrFO3S. The molecule has 0 amide bonds. The molecule has 16 heavy (non-hydrogen) atoms. The number of aliphatic hydroxyl groups is 1. The topological polar surface area (TPSA) is 54.4 Å². The van der Waals surface area contributed by atoms with Crippen LogP contribution in [0, 0.1) is 5.82 Å². The van der Waals surface area contributed by atoms with E-state index in [0.717, 1.165) is 6.26 Å². The molecule has 0 aliphatic rings. The summed E-state index contributed by atoms with van der Waals surface area (Å²) in [7, 11) is -3.57. The fraction of sp³-hybridized carbons (Fsp3) is 0.400. The molecule has 0 bridgehead atoms. The second-order valence-corrected chi connectivity index (χ2v) is 8.25. The van der Waals surface area contributed by atoms with Gasteiger partial charge in [-0.05, 0) is 13.0 Å². The SMILES string of the molecule is C[C@@](Br)([C@H](O)c1ccccc1F)S(C)(=O)=O. The normalized spacial score (nSPS) is 17.8. The van der Waals surface area contributed by atoms with Gasteiger partial charge >= 0.3 is 0 Å². The van der Waals surface area contributed by atoms with Crippen LogP contribution in [0.15, 0.2) is 24.3 Å². The molecule has 0 heterocycles. The second-order valence-electron chi connectivity index (χ2n) is 3.68. The van der Waals surface area contributed by atoms with E-state index in [2.05, 4.69) is 15.9 Å². The Bertz CT molecular complexity index is 485. The number of hydrogen-bond donors (Lipinski definition) is 1. The van der Waals surface area contributed by atoms with Crippen LogP contribution >= 0.6 is 15.9 Å². The predicted octanol–water partition coefficient (Wildman–Crippen LogP) is 2.01. The zero-order chi connectivity index (χ0) is 12.6. The zero-order valence-corrected chi connectivity index (χ0v) is 11.2. The minimum Gasteiger partial charge on any atom is -0.386 e. The lowest BCUT2D eigenvalue weighted by molar-refractivity contribution is 0.163. The lowest BCUT2D eigenvalue weighted by Crippen LogP contribution is -2.35. The molecule has 0 aromatic heterocycles. The maximum atomic E-state index is 13.4. The van der Waals surface area contributed by atoms with Crippen LogP contribution in [0.4, 0.5) is 4.39 Å². The Morgan fingerprint density at radius 3 is 2.38 bits per heavy atom. The maximum absolute atomic E-state index is 13.4. The third-order valence-electron chi connectivity index (χ3n) is 2.41. The molecule has 0 saturated heterocycles.